The number of hydrogen-bond donors (Lipinski definition) is 1. The average Bonchev–Trinajstić information content (AvgIpc) is 3.23. The Labute approximate surface area is 252 Å². The molecule has 0 fully saturated rings. The zero-order valence-electron chi connectivity index (χ0n) is 22.6. The summed E-state index contributed by atoms with van der Waals surface area (Å²) in [6, 6.07) is 17.4. The molecule has 41 heavy (non-hydrogen) atoms. The van der Waals surface area contributed by atoms with E-state index in [2.05, 4.69) is 4.99 Å². The first kappa shape index (κ1) is 30.2. The highest BCUT2D eigenvalue weighted by atomic mass is 35.5. The van der Waals surface area contributed by atoms with E-state index in [4.69, 9.17) is 37.4 Å². The third-order valence-corrected chi connectivity index (χ3v) is 7.44. The number of amides is 1. The number of halogens is 2. The summed E-state index contributed by atoms with van der Waals surface area (Å²) in [5.41, 5.74) is 2.62. The highest BCUT2D eigenvalue weighted by molar-refractivity contribution is 8.18. The molecule has 3 aromatic carbocycles. The van der Waals surface area contributed by atoms with Crippen LogP contribution in [0.1, 0.15) is 40.9 Å². The molecule has 0 aliphatic carbocycles. The molecule has 1 amide bonds. The molecule has 0 saturated carbocycles. The summed E-state index contributed by atoms with van der Waals surface area (Å²) in [6.07, 6.45) is 1.67. The second-order valence-corrected chi connectivity index (χ2v) is 10.7. The molecular formula is C31H27Cl2NO6S. The predicted molar refractivity (Wildman–Crippen MR) is 163 cm³/mol. The van der Waals surface area contributed by atoms with Crippen LogP contribution in [-0.4, -0.2) is 35.2 Å². The number of aliphatic hydroxyl groups is 1. The van der Waals surface area contributed by atoms with Gasteiger partial charge in [0.15, 0.2) is 11.5 Å². The van der Waals surface area contributed by atoms with E-state index in [9.17, 15) is 14.7 Å². The van der Waals surface area contributed by atoms with Gasteiger partial charge in [0.1, 0.15) is 23.0 Å². The number of esters is 1. The summed E-state index contributed by atoms with van der Waals surface area (Å²) in [5, 5.41) is 12.1. The average molecular weight is 613 g/mol. The Bertz CT molecular complexity index is 1560. The van der Waals surface area contributed by atoms with Crippen molar-refractivity contribution >= 4 is 58.0 Å². The number of aryl methyl sites for hydroxylation is 1. The Balaban J connectivity index is 1.63. The quantitative estimate of drug-likeness (QED) is 0.245. The first-order valence-electron chi connectivity index (χ1n) is 12.7. The van der Waals surface area contributed by atoms with Crippen molar-refractivity contribution in [3.63, 3.8) is 0 Å². The highest BCUT2D eigenvalue weighted by Crippen LogP contribution is 2.40. The van der Waals surface area contributed by atoms with Gasteiger partial charge in [0, 0.05) is 21.2 Å². The minimum absolute atomic E-state index is 0.0580. The van der Waals surface area contributed by atoms with E-state index in [0.29, 0.717) is 44.2 Å². The van der Waals surface area contributed by atoms with Gasteiger partial charge >= 0.3 is 5.97 Å². The van der Waals surface area contributed by atoms with Gasteiger partial charge < -0.3 is 19.3 Å². The predicted octanol–water partition coefficient (Wildman–Crippen LogP) is 7.98. The Hall–Kier alpha value is -3.72. The van der Waals surface area contributed by atoms with Crippen LogP contribution >= 0.6 is 35.0 Å². The lowest BCUT2D eigenvalue weighted by molar-refractivity contribution is -0.138. The minimum Gasteiger partial charge on any atom is -0.506 e. The van der Waals surface area contributed by atoms with Gasteiger partial charge in [-0.25, -0.2) is 9.79 Å². The standard InChI is InChI=1S/C31H27Cl2NO6S/c1-4-38-25-14-19(8-13-24(25)40-17-21-11-12-22(32)16-23(21)33)15-26-28(35)27(31(37)39-5-2)30(41-26)34-29(36)20-9-6-18(3)7-10-20/h6-16,35H,4-5,17H2,1-3H3/b26-15-,34-30?. The van der Waals surface area contributed by atoms with Crippen LogP contribution in [0.2, 0.25) is 10.0 Å². The molecular weight excluding hydrogens is 585 g/mol. The first-order valence-corrected chi connectivity index (χ1v) is 14.3. The molecule has 1 N–H and O–H groups in total. The summed E-state index contributed by atoms with van der Waals surface area (Å²) in [4.78, 5) is 30.0. The number of rotatable bonds is 9. The molecule has 4 rings (SSSR count). The molecule has 0 atom stereocenters. The van der Waals surface area contributed by atoms with Gasteiger partial charge in [-0.15, -0.1) is 0 Å². The van der Waals surface area contributed by atoms with E-state index in [1.54, 1.807) is 73.7 Å². The number of carbonyl (C=O) groups is 2. The molecule has 1 heterocycles. The number of aliphatic hydroxyl groups excluding tert-OH is 1. The van der Waals surface area contributed by atoms with Crippen molar-refractivity contribution in [2.75, 3.05) is 13.2 Å². The zero-order valence-corrected chi connectivity index (χ0v) is 24.9. The maximum absolute atomic E-state index is 12.8. The van der Waals surface area contributed by atoms with Crippen LogP contribution in [0.25, 0.3) is 6.08 Å². The van der Waals surface area contributed by atoms with E-state index in [0.717, 1.165) is 22.9 Å². The minimum atomic E-state index is -0.768. The molecule has 3 aromatic rings. The Morgan fingerprint density at radius 2 is 1.71 bits per heavy atom. The third-order valence-electron chi connectivity index (χ3n) is 5.84. The van der Waals surface area contributed by atoms with Crippen LogP contribution < -0.4 is 9.47 Å². The van der Waals surface area contributed by atoms with Crippen LogP contribution in [0.5, 0.6) is 11.5 Å². The Kier molecular flexibility index (Phi) is 10.2. The van der Waals surface area contributed by atoms with Gasteiger partial charge in [0.25, 0.3) is 5.91 Å². The normalized spacial score (nSPS) is 15.0. The number of aliphatic imine (C=N–C) groups is 1. The van der Waals surface area contributed by atoms with Gasteiger partial charge in [-0.2, -0.15) is 0 Å². The maximum atomic E-state index is 12.8. The van der Waals surface area contributed by atoms with Crippen molar-refractivity contribution in [2.45, 2.75) is 27.4 Å². The van der Waals surface area contributed by atoms with E-state index >= 15 is 0 Å². The fourth-order valence-electron chi connectivity index (χ4n) is 3.79. The van der Waals surface area contributed by atoms with Crippen molar-refractivity contribution in [2.24, 2.45) is 4.99 Å². The second kappa shape index (κ2) is 13.8. The number of ether oxygens (including phenoxy) is 3. The van der Waals surface area contributed by atoms with Crippen molar-refractivity contribution in [1.29, 1.82) is 0 Å². The van der Waals surface area contributed by atoms with Crippen LogP contribution in [0, 0.1) is 6.92 Å². The van der Waals surface area contributed by atoms with Gasteiger partial charge in [0.2, 0.25) is 0 Å². The van der Waals surface area contributed by atoms with E-state index in [-0.39, 0.29) is 29.6 Å². The van der Waals surface area contributed by atoms with Crippen molar-refractivity contribution < 1.29 is 28.9 Å². The lowest BCUT2D eigenvalue weighted by atomic mass is 10.1. The summed E-state index contributed by atoms with van der Waals surface area (Å²) in [7, 11) is 0. The summed E-state index contributed by atoms with van der Waals surface area (Å²) in [6.45, 7) is 6.11. The Morgan fingerprint density at radius 1 is 0.951 bits per heavy atom. The fourth-order valence-corrected chi connectivity index (χ4v) is 5.27. The molecule has 0 unspecified atom stereocenters. The van der Waals surface area contributed by atoms with Gasteiger partial charge in [-0.1, -0.05) is 64.8 Å². The van der Waals surface area contributed by atoms with Crippen LogP contribution in [0.3, 0.4) is 0 Å². The lowest BCUT2D eigenvalue weighted by Crippen LogP contribution is -2.14. The van der Waals surface area contributed by atoms with Crippen LogP contribution in [-0.2, 0) is 16.1 Å². The van der Waals surface area contributed by atoms with Gasteiger partial charge in [0.05, 0.1) is 18.1 Å². The summed E-state index contributed by atoms with van der Waals surface area (Å²) in [5.74, 6) is -0.649. The van der Waals surface area contributed by atoms with Gasteiger partial charge in [-0.3, -0.25) is 4.79 Å². The van der Waals surface area contributed by atoms with Gasteiger partial charge in [-0.05, 0) is 68.8 Å². The molecule has 10 heteroatoms. The second-order valence-electron chi connectivity index (χ2n) is 8.81. The molecule has 7 nitrogen and oxygen atoms in total. The Morgan fingerprint density at radius 3 is 2.39 bits per heavy atom. The van der Waals surface area contributed by atoms with E-state index < -0.39 is 11.9 Å². The number of benzene rings is 3. The van der Waals surface area contributed by atoms with Crippen molar-refractivity contribution in [3.8, 4) is 11.5 Å². The molecule has 1 aliphatic rings. The third kappa shape index (κ3) is 7.52. The van der Waals surface area contributed by atoms with Crippen LogP contribution in [0.15, 0.2) is 81.9 Å². The number of hydrogen-bond acceptors (Lipinski definition) is 7. The SMILES string of the molecule is CCOC(=O)C1=C(O)/C(=C/c2ccc(OCc3ccc(Cl)cc3Cl)c(OCC)c2)SC1=NC(=O)c1ccc(C)cc1. The smallest absolute Gasteiger partial charge is 0.344 e. The first-order chi connectivity index (χ1) is 19.7. The molecule has 0 aromatic heterocycles. The number of carbonyl (C=O) groups excluding carboxylic acids is 2. The largest absolute Gasteiger partial charge is 0.506 e. The van der Waals surface area contributed by atoms with Crippen molar-refractivity contribution in [3.05, 3.63) is 109 Å². The maximum Gasteiger partial charge on any atom is 0.344 e. The summed E-state index contributed by atoms with van der Waals surface area (Å²) < 4.78 is 16.9. The molecule has 0 spiro atoms. The number of thioether (sulfide) groups is 1. The molecule has 0 bridgehead atoms. The topological polar surface area (TPSA) is 94.4 Å². The van der Waals surface area contributed by atoms with Crippen molar-refractivity contribution in [1.82, 2.24) is 0 Å². The number of nitrogens with zero attached hydrogens (tertiary/aromatic N) is 1. The fraction of sp³-hybridized carbons (Fsp3) is 0.194. The highest BCUT2D eigenvalue weighted by Gasteiger charge is 2.34. The van der Waals surface area contributed by atoms with E-state index in [1.807, 2.05) is 13.8 Å². The summed E-state index contributed by atoms with van der Waals surface area (Å²) >= 11 is 13.3. The monoisotopic (exact) mass is 611 g/mol. The zero-order chi connectivity index (χ0) is 29.5. The molecule has 212 valence electrons. The van der Waals surface area contributed by atoms with E-state index in [1.165, 1.54) is 0 Å². The molecule has 1 aliphatic heterocycles. The molecule has 0 saturated heterocycles. The van der Waals surface area contributed by atoms with Crippen LogP contribution in [0.4, 0.5) is 0 Å². The molecule has 0 radical (unpaired) electrons. The lowest BCUT2D eigenvalue weighted by Gasteiger charge is -2.13.